The predicted octanol–water partition coefficient (Wildman–Crippen LogP) is 3.62. The summed E-state index contributed by atoms with van der Waals surface area (Å²) in [5.74, 6) is -0.405. The average Bonchev–Trinajstić information content (AvgIpc) is 2.37. The molecule has 2 aromatic carbocycles. The zero-order chi connectivity index (χ0) is 13.0. The highest BCUT2D eigenvalue weighted by Crippen LogP contribution is 2.19. The fourth-order valence-corrected chi connectivity index (χ4v) is 1.86. The number of benzene rings is 2. The molecule has 2 nitrogen and oxygen atoms in total. The second-order valence-electron chi connectivity index (χ2n) is 3.93. The summed E-state index contributed by atoms with van der Waals surface area (Å²) in [6, 6.07) is 13.3. The van der Waals surface area contributed by atoms with Crippen molar-refractivity contribution in [1.29, 1.82) is 0 Å². The number of aliphatic hydroxyl groups excluding tert-OH is 1. The Bertz CT molecular complexity index is 533. The zero-order valence-corrected chi connectivity index (χ0v) is 10.4. The Labute approximate surface area is 110 Å². The van der Waals surface area contributed by atoms with Crippen molar-refractivity contribution in [1.82, 2.24) is 0 Å². The standard InChI is InChI=1S/C14H13ClFNO/c15-10-4-3-5-11(8-10)17-9-14(18)12-6-1-2-7-13(12)16/h1-8,14,17-18H,9H2. The molecular weight excluding hydrogens is 253 g/mol. The molecule has 0 aliphatic rings. The third-order valence-corrected chi connectivity index (χ3v) is 2.82. The zero-order valence-electron chi connectivity index (χ0n) is 9.61. The van der Waals surface area contributed by atoms with E-state index < -0.39 is 11.9 Å². The maximum Gasteiger partial charge on any atom is 0.129 e. The highest BCUT2D eigenvalue weighted by molar-refractivity contribution is 6.30. The Morgan fingerprint density at radius 2 is 1.94 bits per heavy atom. The monoisotopic (exact) mass is 265 g/mol. The summed E-state index contributed by atoms with van der Waals surface area (Å²) in [4.78, 5) is 0. The first-order chi connectivity index (χ1) is 8.66. The summed E-state index contributed by atoms with van der Waals surface area (Å²) in [6.07, 6.45) is -0.898. The van der Waals surface area contributed by atoms with Crippen molar-refractivity contribution >= 4 is 17.3 Å². The molecule has 0 aliphatic heterocycles. The molecule has 4 heteroatoms. The van der Waals surface area contributed by atoms with Gasteiger partial charge in [0, 0.05) is 22.8 Å². The number of anilines is 1. The van der Waals surface area contributed by atoms with Gasteiger partial charge in [-0.1, -0.05) is 35.9 Å². The van der Waals surface area contributed by atoms with Crippen LogP contribution in [0.4, 0.5) is 10.1 Å². The van der Waals surface area contributed by atoms with Gasteiger partial charge in [0.2, 0.25) is 0 Å². The molecule has 0 fully saturated rings. The highest BCUT2D eigenvalue weighted by Gasteiger charge is 2.11. The summed E-state index contributed by atoms with van der Waals surface area (Å²) < 4.78 is 13.4. The van der Waals surface area contributed by atoms with E-state index in [-0.39, 0.29) is 12.1 Å². The summed E-state index contributed by atoms with van der Waals surface area (Å²) in [5.41, 5.74) is 1.07. The molecule has 18 heavy (non-hydrogen) atoms. The molecule has 0 spiro atoms. The number of hydrogen-bond acceptors (Lipinski definition) is 2. The van der Waals surface area contributed by atoms with Crippen LogP contribution in [0.5, 0.6) is 0 Å². The van der Waals surface area contributed by atoms with Gasteiger partial charge < -0.3 is 10.4 Å². The third-order valence-electron chi connectivity index (χ3n) is 2.59. The second kappa shape index (κ2) is 5.85. The van der Waals surface area contributed by atoms with Gasteiger partial charge in [-0.2, -0.15) is 0 Å². The number of halogens is 2. The predicted molar refractivity (Wildman–Crippen MR) is 71.3 cm³/mol. The van der Waals surface area contributed by atoms with E-state index in [1.54, 1.807) is 36.4 Å². The molecule has 0 bridgehead atoms. The van der Waals surface area contributed by atoms with Crippen LogP contribution in [0.15, 0.2) is 48.5 Å². The molecule has 1 atom stereocenters. The highest BCUT2D eigenvalue weighted by atomic mass is 35.5. The van der Waals surface area contributed by atoms with E-state index in [9.17, 15) is 9.50 Å². The number of rotatable bonds is 4. The van der Waals surface area contributed by atoms with Crippen molar-refractivity contribution in [2.24, 2.45) is 0 Å². The lowest BCUT2D eigenvalue weighted by Crippen LogP contribution is -2.13. The van der Waals surface area contributed by atoms with Gasteiger partial charge in [-0.05, 0) is 24.3 Å². The van der Waals surface area contributed by atoms with Crippen molar-refractivity contribution < 1.29 is 9.50 Å². The molecule has 94 valence electrons. The van der Waals surface area contributed by atoms with Crippen molar-refractivity contribution in [3.8, 4) is 0 Å². The average molecular weight is 266 g/mol. The summed E-state index contributed by atoms with van der Waals surface area (Å²) >= 11 is 5.84. The van der Waals surface area contributed by atoms with Crippen LogP contribution in [0.25, 0.3) is 0 Å². The fourth-order valence-electron chi connectivity index (χ4n) is 1.67. The van der Waals surface area contributed by atoms with Crippen molar-refractivity contribution in [3.63, 3.8) is 0 Å². The van der Waals surface area contributed by atoms with Gasteiger partial charge in [0.25, 0.3) is 0 Å². The Kier molecular flexibility index (Phi) is 4.18. The number of nitrogens with one attached hydrogen (secondary N) is 1. The molecular formula is C14H13ClFNO. The Balaban J connectivity index is 2.00. The quantitative estimate of drug-likeness (QED) is 0.885. The van der Waals surface area contributed by atoms with Crippen molar-refractivity contribution in [2.45, 2.75) is 6.10 Å². The van der Waals surface area contributed by atoms with Gasteiger partial charge in [-0.3, -0.25) is 0 Å². The minimum Gasteiger partial charge on any atom is -0.386 e. The summed E-state index contributed by atoms with van der Waals surface area (Å²) in [7, 11) is 0. The first-order valence-electron chi connectivity index (χ1n) is 5.59. The Morgan fingerprint density at radius 1 is 1.17 bits per heavy atom. The molecule has 0 aromatic heterocycles. The maximum absolute atomic E-state index is 13.4. The lowest BCUT2D eigenvalue weighted by molar-refractivity contribution is 0.186. The smallest absolute Gasteiger partial charge is 0.129 e. The van der Waals surface area contributed by atoms with E-state index in [1.807, 2.05) is 6.07 Å². The minimum absolute atomic E-state index is 0.223. The van der Waals surface area contributed by atoms with E-state index >= 15 is 0 Å². The number of aliphatic hydroxyl groups is 1. The molecule has 1 unspecified atom stereocenters. The van der Waals surface area contributed by atoms with Crippen LogP contribution < -0.4 is 5.32 Å². The van der Waals surface area contributed by atoms with Gasteiger partial charge in [0.05, 0.1) is 6.10 Å². The van der Waals surface area contributed by atoms with Crippen LogP contribution in [0.3, 0.4) is 0 Å². The van der Waals surface area contributed by atoms with Crippen LogP contribution in [0, 0.1) is 5.82 Å². The molecule has 2 aromatic rings. The molecule has 0 aliphatic carbocycles. The van der Waals surface area contributed by atoms with Gasteiger partial charge in [0.15, 0.2) is 0 Å². The van der Waals surface area contributed by atoms with Crippen molar-refractivity contribution in [3.05, 3.63) is 64.9 Å². The third kappa shape index (κ3) is 3.22. The first kappa shape index (κ1) is 12.9. The normalized spacial score (nSPS) is 12.2. The van der Waals surface area contributed by atoms with Gasteiger partial charge in [-0.25, -0.2) is 4.39 Å². The largest absolute Gasteiger partial charge is 0.386 e. The molecule has 0 amide bonds. The van der Waals surface area contributed by atoms with E-state index in [0.29, 0.717) is 5.02 Å². The van der Waals surface area contributed by atoms with Crippen LogP contribution in [-0.2, 0) is 0 Å². The molecule has 0 saturated heterocycles. The Morgan fingerprint density at radius 3 is 2.67 bits per heavy atom. The second-order valence-corrected chi connectivity index (χ2v) is 4.36. The van der Waals surface area contributed by atoms with Crippen molar-refractivity contribution in [2.75, 3.05) is 11.9 Å². The van der Waals surface area contributed by atoms with Gasteiger partial charge >= 0.3 is 0 Å². The van der Waals surface area contributed by atoms with Crippen LogP contribution in [-0.4, -0.2) is 11.7 Å². The molecule has 0 heterocycles. The minimum atomic E-state index is -0.898. The van der Waals surface area contributed by atoms with E-state index in [0.717, 1.165) is 5.69 Å². The molecule has 2 N–H and O–H groups in total. The lowest BCUT2D eigenvalue weighted by Gasteiger charge is -2.14. The van der Waals surface area contributed by atoms with Crippen LogP contribution in [0.1, 0.15) is 11.7 Å². The maximum atomic E-state index is 13.4. The molecule has 0 radical (unpaired) electrons. The first-order valence-corrected chi connectivity index (χ1v) is 5.96. The summed E-state index contributed by atoms with van der Waals surface area (Å²) in [5, 5.41) is 13.5. The van der Waals surface area contributed by atoms with E-state index in [2.05, 4.69) is 5.32 Å². The fraction of sp³-hybridized carbons (Fsp3) is 0.143. The lowest BCUT2D eigenvalue weighted by atomic mass is 10.1. The Hall–Kier alpha value is -1.58. The van der Waals surface area contributed by atoms with Crippen LogP contribution in [0.2, 0.25) is 5.02 Å². The molecule has 0 saturated carbocycles. The van der Waals surface area contributed by atoms with E-state index in [4.69, 9.17) is 11.6 Å². The topological polar surface area (TPSA) is 32.3 Å². The SMILES string of the molecule is OC(CNc1cccc(Cl)c1)c1ccccc1F. The number of hydrogen-bond donors (Lipinski definition) is 2. The van der Waals surface area contributed by atoms with E-state index in [1.165, 1.54) is 6.07 Å². The molecule has 2 rings (SSSR count). The van der Waals surface area contributed by atoms with Gasteiger partial charge in [-0.15, -0.1) is 0 Å². The van der Waals surface area contributed by atoms with Gasteiger partial charge in [0.1, 0.15) is 5.82 Å². The van der Waals surface area contributed by atoms with Crippen LogP contribution >= 0.6 is 11.6 Å². The summed E-state index contributed by atoms with van der Waals surface area (Å²) in [6.45, 7) is 0.223.